The van der Waals surface area contributed by atoms with E-state index in [4.69, 9.17) is 9.47 Å². The second kappa shape index (κ2) is 8.31. The summed E-state index contributed by atoms with van der Waals surface area (Å²) in [4.78, 5) is 11.5. The number of hydrogen-bond donors (Lipinski definition) is 0. The Morgan fingerprint density at radius 1 is 1.15 bits per heavy atom. The van der Waals surface area contributed by atoms with Crippen molar-refractivity contribution < 1.29 is 14.3 Å². The van der Waals surface area contributed by atoms with Crippen LogP contribution in [0.1, 0.15) is 55.9 Å². The molecule has 2 aromatic carbocycles. The minimum Gasteiger partial charge on any atom is -0.493 e. The lowest BCUT2D eigenvalue weighted by Gasteiger charge is -2.32. The molecule has 0 fully saturated rings. The summed E-state index contributed by atoms with van der Waals surface area (Å²) in [5.41, 5.74) is 4.37. The molecule has 1 heterocycles. The summed E-state index contributed by atoms with van der Waals surface area (Å²) < 4.78 is 10.8. The van der Waals surface area contributed by atoms with Crippen LogP contribution >= 0.6 is 0 Å². The summed E-state index contributed by atoms with van der Waals surface area (Å²) >= 11 is 0. The lowest BCUT2D eigenvalue weighted by atomic mass is 9.79. The largest absolute Gasteiger partial charge is 0.493 e. The van der Waals surface area contributed by atoms with Crippen molar-refractivity contribution in [3.8, 4) is 17.6 Å². The number of ether oxygens (including phenoxy) is 2. The Morgan fingerprint density at radius 2 is 1.93 bits per heavy atom. The molecule has 0 aliphatic carbocycles. The lowest BCUT2D eigenvalue weighted by molar-refractivity contribution is -0.143. The molecule has 0 atom stereocenters. The van der Waals surface area contributed by atoms with Gasteiger partial charge in [-0.1, -0.05) is 37.8 Å². The van der Waals surface area contributed by atoms with Crippen molar-refractivity contribution in [3.05, 3.63) is 64.7 Å². The number of rotatable bonds is 4. The van der Waals surface area contributed by atoms with Crippen molar-refractivity contribution in [2.75, 3.05) is 13.2 Å². The van der Waals surface area contributed by atoms with Crippen LogP contribution in [-0.4, -0.2) is 19.2 Å². The molecule has 0 bridgehead atoms. The Hall–Kier alpha value is -2.73. The highest BCUT2D eigenvalue weighted by molar-refractivity contribution is 5.69. The number of aryl methyl sites for hydroxylation is 1. The molecule has 0 radical (unpaired) electrons. The Bertz CT molecular complexity index is 884. The molecule has 3 heteroatoms. The average Bonchev–Trinajstić information content (AvgIpc) is 2.65. The van der Waals surface area contributed by atoms with Crippen molar-refractivity contribution >= 4 is 5.97 Å². The van der Waals surface area contributed by atoms with Gasteiger partial charge in [0.25, 0.3) is 0 Å². The minimum absolute atomic E-state index is 0.109. The van der Waals surface area contributed by atoms with Crippen molar-refractivity contribution in [2.24, 2.45) is 0 Å². The fraction of sp³-hybridized carbons (Fsp3) is 0.375. The first kappa shape index (κ1) is 19.0. The number of benzene rings is 2. The predicted molar refractivity (Wildman–Crippen MR) is 107 cm³/mol. The average molecular weight is 362 g/mol. The van der Waals surface area contributed by atoms with E-state index in [1.54, 1.807) is 0 Å². The molecule has 3 rings (SSSR count). The van der Waals surface area contributed by atoms with Gasteiger partial charge in [0.2, 0.25) is 0 Å². The maximum Gasteiger partial charge on any atom is 0.306 e. The van der Waals surface area contributed by atoms with Crippen LogP contribution < -0.4 is 4.74 Å². The predicted octanol–water partition coefficient (Wildman–Crippen LogP) is 4.64. The third-order valence-corrected chi connectivity index (χ3v) is 4.89. The molecule has 3 nitrogen and oxygen atoms in total. The van der Waals surface area contributed by atoms with E-state index in [-0.39, 0.29) is 11.4 Å². The number of fused-ring (bicyclic) bond motifs is 1. The molecule has 0 amide bonds. The molecule has 0 spiro atoms. The number of esters is 1. The molecular weight excluding hydrogens is 336 g/mol. The summed E-state index contributed by atoms with van der Waals surface area (Å²) in [5.74, 6) is 7.32. The molecular formula is C24H26O3. The third kappa shape index (κ3) is 4.92. The first-order valence-corrected chi connectivity index (χ1v) is 9.52. The molecule has 140 valence electrons. The van der Waals surface area contributed by atoms with Crippen molar-refractivity contribution in [1.82, 2.24) is 0 Å². The first-order chi connectivity index (χ1) is 13.0. The zero-order valence-corrected chi connectivity index (χ0v) is 16.3. The second-order valence-corrected chi connectivity index (χ2v) is 7.45. The van der Waals surface area contributed by atoms with Gasteiger partial charge in [0.05, 0.1) is 13.2 Å². The van der Waals surface area contributed by atoms with Crippen LogP contribution in [0.3, 0.4) is 0 Å². The first-order valence-electron chi connectivity index (χ1n) is 9.52. The van der Waals surface area contributed by atoms with E-state index in [0.717, 1.165) is 35.5 Å². The molecule has 0 N–H and O–H groups in total. The Kier molecular flexibility index (Phi) is 5.86. The summed E-state index contributed by atoms with van der Waals surface area (Å²) in [6.45, 7) is 7.51. The highest BCUT2D eigenvalue weighted by atomic mass is 16.5. The van der Waals surface area contributed by atoms with Crippen LogP contribution in [0.2, 0.25) is 0 Å². The molecule has 1 aliphatic heterocycles. The van der Waals surface area contributed by atoms with Crippen molar-refractivity contribution in [2.45, 2.75) is 45.4 Å². The quantitative estimate of drug-likeness (QED) is 0.587. The third-order valence-electron chi connectivity index (χ3n) is 4.89. The fourth-order valence-corrected chi connectivity index (χ4v) is 3.24. The van der Waals surface area contributed by atoms with Crippen LogP contribution in [0.4, 0.5) is 0 Å². The van der Waals surface area contributed by atoms with Crippen LogP contribution in [0, 0.1) is 11.8 Å². The molecule has 1 aliphatic rings. The van der Waals surface area contributed by atoms with E-state index in [9.17, 15) is 4.79 Å². The van der Waals surface area contributed by atoms with Gasteiger partial charge in [-0.3, -0.25) is 4.79 Å². The zero-order chi connectivity index (χ0) is 19.3. The summed E-state index contributed by atoms with van der Waals surface area (Å²) in [6, 6.07) is 14.2. The molecule has 0 saturated heterocycles. The summed E-state index contributed by atoms with van der Waals surface area (Å²) in [5, 5.41) is 0. The van der Waals surface area contributed by atoms with Crippen LogP contribution in [0.5, 0.6) is 5.75 Å². The second-order valence-electron chi connectivity index (χ2n) is 7.45. The maximum absolute atomic E-state index is 11.5. The molecule has 0 unspecified atom stereocenters. The van der Waals surface area contributed by atoms with Crippen molar-refractivity contribution in [3.63, 3.8) is 0 Å². The van der Waals surface area contributed by atoms with Gasteiger partial charge in [-0.05, 0) is 61.1 Å². The van der Waals surface area contributed by atoms with Gasteiger partial charge in [0.1, 0.15) is 5.75 Å². The number of hydrogen-bond acceptors (Lipinski definition) is 3. The number of carbonyl (C=O) groups is 1. The SMILES string of the molecule is CCOC(=O)CCc1cccc(C#Cc2ccc3c(c2)C(C)(C)CCO3)c1. The zero-order valence-electron chi connectivity index (χ0n) is 16.3. The summed E-state index contributed by atoms with van der Waals surface area (Å²) in [6.07, 6.45) is 2.07. The molecule has 27 heavy (non-hydrogen) atoms. The highest BCUT2D eigenvalue weighted by Gasteiger charge is 2.28. The Labute approximate surface area is 161 Å². The van der Waals surface area contributed by atoms with E-state index in [1.165, 1.54) is 5.56 Å². The van der Waals surface area contributed by atoms with Crippen LogP contribution in [-0.2, 0) is 21.4 Å². The van der Waals surface area contributed by atoms with Gasteiger partial charge < -0.3 is 9.47 Å². The van der Waals surface area contributed by atoms with Gasteiger partial charge in [-0.15, -0.1) is 0 Å². The standard InChI is InChI=1S/C24H26O3/c1-4-26-23(25)13-11-19-7-5-6-18(16-19)8-9-20-10-12-22-21(17-20)24(2,3)14-15-27-22/h5-7,10,12,16-17H,4,11,13-15H2,1-3H3. The smallest absolute Gasteiger partial charge is 0.306 e. The van der Waals surface area contributed by atoms with E-state index >= 15 is 0 Å². The van der Waals surface area contributed by atoms with Gasteiger partial charge in [0.15, 0.2) is 0 Å². The monoisotopic (exact) mass is 362 g/mol. The number of carbonyl (C=O) groups excluding carboxylic acids is 1. The van der Waals surface area contributed by atoms with Gasteiger partial charge >= 0.3 is 5.97 Å². The minimum atomic E-state index is -0.159. The van der Waals surface area contributed by atoms with Gasteiger partial charge in [-0.2, -0.15) is 0 Å². The van der Waals surface area contributed by atoms with Crippen LogP contribution in [0.15, 0.2) is 42.5 Å². The molecule has 0 aromatic heterocycles. The van der Waals surface area contributed by atoms with Gasteiger partial charge in [0, 0.05) is 23.1 Å². The lowest BCUT2D eigenvalue weighted by Crippen LogP contribution is -2.26. The van der Waals surface area contributed by atoms with E-state index < -0.39 is 0 Å². The van der Waals surface area contributed by atoms with Gasteiger partial charge in [-0.25, -0.2) is 0 Å². The van der Waals surface area contributed by atoms with E-state index in [1.807, 2.05) is 43.3 Å². The van der Waals surface area contributed by atoms with Crippen molar-refractivity contribution in [1.29, 1.82) is 0 Å². The topological polar surface area (TPSA) is 35.5 Å². The van der Waals surface area contributed by atoms with Crippen LogP contribution in [0.25, 0.3) is 0 Å². The normalized spacial score (nSPS) is 14.3. The Morgan fingerprint density at radius 3 is 2.70 bits per heavy atom. The molecule has 2 aromatic rings. The molecule has 0 saturated carbocycles. The summed E-state index contributed by atoms with van der Waals surface area (Å²) in [7, 11) is 0. The highest BCUT2D eigenvalue weighted by Crippen LogP contribution is 2.38. The Balaban J connectivity index is 1.74. The van der Waals surface area contributed by atoms with E-state index in [2.05, 4.69) is 31.8 Å². The fourth-order valence-electron chi connectivity index (χ4n) is 3.24. The van der Waals surface area contributed by atoms with E-state index in [0.29, 0.717) is 19.4 Å². The maximum atomic E-state index is 11.5.